The molecule has 0 aliphatic heterocycles. The molecule has 6 heteroatoms. The van der Waals surface area contributed by atoms with Gasteiger partial charge >= 0.3 is 0 Å². The number of rotatable bonds is 17. The minimum atomic E-state index is -1.55. The van der Waals surface area contributed by atoms with Crippen LogP contribution in [0.4, 0.5) is 0 Å². The minimum absolute atomic E-state index is 0.147. The van der Waals surface area contributed by atoms with E-state index < -0.39 is 31.0 Å². The average Bonchev–Trinajstić information content (AvgIpc) is 2.60. The highest BCUT2D eigenvalue weighted by Crippen LogP contribution is 2.10. The van der Waals surface area contributed by atoms with E-state index in [1.807, 2.05) is 0 Å². The number of aliphatic hydroxyl groups excluding tert-OH is 5. The van der Waals surface area contributed by atoms with Crippen molar-refractivity contribution < 1.29 is 25.5 Å². The lowest BCUT2D eigenvalue weighted by atomic mass is 10.0. The normalized spacial score (nSPS) is 16.8. The molecule has 0 saturated heterocycles. The Morgan fingerprint density at radius 2 is 1.12 bits per heavy atom. The van der Waals surface area contributed by atoms with Crippen molar-refractivity contribution in [3.63, 3.8) is 0 Å². The molecule has 0 bridgehead atoms. The van der Waals surface area contributed by atoms with Crippen molar-refractivity contribution in [2.24, 2.45) is 0 Å². The summed E-state index contributed by atoms with van der Waals surface area (Å²) in [5.74, 6) is 0. The van der Waals surface area contributed by atoms with Gasteiger partial charge in [-0.1, -0.05) is 64.7 Å². The molecule has 0 unspecified atom stereocenters. The van der Waals surface area contributed by atoms with Gasteiger partial charge < -0.3 is 30.8 Å². The van der Waals surface area contributed by atoms with Crippen LogP contribution in [0.15, 0.2) is 0 Å². The molecule has 0 heterocycles. The second-order valence-electron chi connectivity index (χ2n) is 6.68. The Morgan fingerprint density at radius 1 is 0.667 bits per heavy atom. The molecule has 0 aromatic carbocycles. The second-order valence-corrected chi connectivity index (χ2v) is 6.68. The summed E-state index contributed by atoms with van der Waals surface area (Å²) in [5, 5.41) is 49.9. The first kappa shape index (κ1) is 23.8. The Labute approximate surface area is 146 Å². The lowest BCUT2D eigenvalue weighted by Crippen LogP contribution is -2.49. The third-order valence-corrected chi connectivity index (χ3v) is 4.39. The van der Waals surface area contributed by atoms with E-state index in [0.29, 0.717) is 0 Å². The first-order valence-corrected chi connectivity index (χ1v) is 9.58. The van der Waals surface area contributed by atoms with E-state index in [9.17, 15) is 20.4 Å². The predicted octanol–water partition coefficient (Wildman–Crippen LogP) is 0.933. The van der Waals surface area contributed by atoms with Gasteiger partial charge in [-0.15, -0.1) is 0 Å². The van der Waals surface area contributed by atoms with Crippen LogP contribution in [0.2, 0.25) is 0 Å². The van der Waals surface area contributed by atoms with E-state index in [0.717, 1.165) is 19.4 Å². The second kappa shape index (κ2) is 16.2. The lowest BCUT2D eigenvalue weighted by Gasteiger charge is -2.25. The Bertz CT molecular complexity index is 268. The molecule has 24 heavy (non-hydrogen) atoms. The van der Waals surface area contributed by atoms with Crippen molar-refractivity contribution in [1.29, 1.82) is 0 Å². The maximum Gasteiger partial charge on any atom is 0.111 e. The van der Waals surface area contributed by atoms with E-state index >= 15 is 0 Å². The van der Waals surface area contributed by atoms with Gasteiger partial charge in [0.15, 0.2) is 0 Å². The molecule has 0 radical (unpaired) electrons. The molecule has 0 saturated carbocycles. The van der Waals surface area contributed by atoms with Crippen LogP contribution in [0.5, 0.6) is 0 Å². The van der Waals surface area contributed by atoms with Gasteiger partial charge in [-0.3, -0.25) is 0 Å². The molecule has 4 atom stereocenters. The van der Waals surface area contributed by atoms with Crippen molar-refractivity contribution in [3.8, 4) is 0 Å². The van der Waals surface area contributed by atoms with Crippen LogP contribution in [-0.2, 0) is 0 Å². The lowest BCUT2D eigenvalue weighted by molar-refractivity contribution is -0.113. The van der Waals surface area contributed by atoms with Gasteiger partial charge in [0.25, 0.3) is 0 Å². The van der Waals surface area contributed by atoms with Crippen molar-refractivity contribution in [2.75, 3.05) is 19.7 Å². The Morgan fingerprint density at radius 3 is 1.62 bits per heavy atom. The third-order valence-electron chi connectivity index (χ3n) is 4.39. The molecule has 6 N–H and O–H groups in total. The highest BCUT2D eigenvalue weighted by molar-refractivity contribution is 4.81. The quantitative estimate of drug-likeness (QED) is 0.218. The molecule has 0 aromatic rings. The van der Waals surface area contributed by atoms with Crippen LogP contribution in [0.1, 0.15) is 71.1 Å². The van der Waals surface area contributed by atoms with Crippen LogP contribution < -0.4 is 5.32 Å². The maximum absolute atomic E-state index is 9.73. The zero-order valence-corrected chi connectivity index (χ0v) is 15.2. The fraction of sp³-hybridized carbons (Fsp3) is 1.00. The third kappa shape index (κ3) is 12.2. The summed E-state index contributed by atoms with van der Waals surface area (Å²) >= 11 is 0. The first-order chi connectivity index (χ1) is 11.5. The van der Waals surface area contributed by atoms with Gasteiger partial charge in [-0.25, -0.2) is 0 Å². The summed E-state index contributed by atoms with van der Waals surface area (Å²) in [7, 11) is 0. The molecule has 0 aliphatic carbocycles. The first-order valence-electron chi connectivity index (χ1n) is 9.58. The van der Waals surface area contributed by atoms with Crippen LogP contribution >= 0.6 is 0 Å². The van der Waals surface area contributed by atoms with Crippen molar-refractivity contribution in [3.05, 3.63) is 0 Å². The summed E-state index contributed by atoms with van der Waals surface area (Å²) in [6.07, 6.45) is 7.01. The smallest absolute Gasteiger partial charge is 0.111 e. The minimum Gasteiger partial charge on any atom is -0.394 e. The van der Waals surface area contributed by atoms with Crippen molar-refractivity contribution >= 4 is 0 Å². The largest absolute Gasteiger partial charge is 0.394 e. The summed E-state index contributed by atoms with van der Waals surface area (Å²) in [6.45, 7) is 2.47. The number of nitrogens with one attached hydrogen (secondary N) is 1. The van der Waals surface area contributed by atoms with Crippen LogP contribution in [-0.4, -0.2) is 69.6 Å². The Kier molecular flexibility index (Phi) is 16.1. The molecule has 0 fully saturated rings. The highest BCUT2D eigenvalue weighted by atomic mass is 16.4. The van der Waals surface area contributed by atoms with E-state index in [2.05, 4.69) is 12.2 Å². The Hall–Kier alpha value is -0.240. The van der Waals surface area contributed by atoms with Crippen LogP contribution in [0.3, 0.4) is 0 Å². The summed E-state index contributed by atoms with van der Waals surface area (Å²) in [5.41, 5.74) is 0. The fourth-order valence-corrected chi connectivity index (χ4v) is 2.67. The molecule has 146 valence electrons. The molecule has 0 aromatic heterocycles. The molecule has 6 nitrogen and oxygen atoms in total. The summed E-state index contributed by atoms with van der Waals surface area (Å²) < 4.78 is 0. The van der Waals surface area contributed by atoms with Gasteiger partial charge in [-0.05, 0) is 13.0 Å². The maximum atomic E-state index is 9.73. The standard InChI is InChI=1S/C18H39NO5/c1-2-3-4-5-6-7-8-9-10-11-12-19-13-15(21)17(23)18(24)16(22)14-20/h15-24H,2-14H2,1H3/t15-,16-,17-,18+/m0/s1. The number of aliphatic hydroxyl groups is 5. The van der Waals surface area contributed by atoms with Crippen molar-refractivity contribution in [2.45, 2.75) is 95.5 Å². The van der Waals surface area contributed by atoms with E-state index in [4.69, 9.17) is 5.11 Å². The topological polar surface area (TPSA) is 113 Å². The zero-order valence-electron chi connectivity index (χ0n) is 15.2. The average molecular weight is 350 g/mol. The van der Waals surface area contributed by atoms with Gasteiger partial charge in [0.2, 0.25) is 0 Å². The van der Waals surface area contributed by atoms with Crippen LogP contribution in [0, 0.1) is 0 Å². The van der Waals surface area contributed by atoms with E-state index in [1.54, 1.807) is 0 Å². The van der Waals surface area contributed by atoms with E-state index in [1.165, 1.54) is 51.4 Å². The molecule has 0 aliphatic rings. The summed E-state index contributed by atoms with van der Waals surface area (Å²) in [6, 6.07) is 0. The van der Waals surface area contributed by atoms with Gasteiger partial charge in [0.1, 0.15) is 18.3 Å². The van der Waals surface area contributed by atoms with Crippen LogP contribution in [0.25, 0.3) is 0 Å². The molecule has 0 spiro atoms. The molecule has 0 amide bonds. The predicted molar refractivity (Wildman–Crippen MR) is 95.8 cm³/mol. The van der Waals surface area contributed by atoms with Gasteiger partial charge in [0.05, 0.1) is 12.7 Å². The number of hydrogen-bond acceptors (Lipinski definition) is 6. The SMILES string of the molecule is CCCCCCCCCCCCNC[C@H](O)[C@H](O)[C@H](O)[C@@H](O)CO. The summed E-state index contributed by atoms with van der Waals surface area (Å²) in [4.78, 5) is 0. The zero-order chi connectivity index (χ0) is 18.2. The van der Waals surface area contributed by atoms with Gasteiger partial charge in [0, 0.05) is 6.54 Å². The molecule has 0 rings (SSSR count). The Balaban J connectivity index is 3.43. The fourth-order valence-electron chi connectivity index (χ4n) is 2.67. The highest BCUT2D eigenvalue weighted by Gasteiger charge is 2.29. The monoisotopic (exact) mass is 349 g/mol. The number of unbranched alkanes of at least 4 members (excludes halogenated alkanes) is 9. The molecular weight excluding hydrogens is 310 g/mol. The molecular formula is C18H39NO5. The van der Waals surface area contributed by atoms with Gasteiger partial charge in [-0.2, -0.15) is 0 Å². The van der Waals surface area contributed by atoms with E-state index in [-0.39, 0.29) is 6.54 Å². The number of hydrogen-bond donors (Lipinski definition) is 6. The van der Waals surface area contributed by atoms with Crippen molar-refractivity contribution in [1.82, 2.24) is 5.32 Å².